The van der Waals surface area contributed by atoms with Crippen LogP contribution in [-0.2, 0) is 0 Å². The molecule has 0 fully saturated rings. The van der Waals surface area contributed by atoms with Crippen LogP contribution >= 0.6 is 50.5 Å². The number of carbonyl (C=O) groups excluding carboxylic acids is 1. The van der Waals surface area contributed by atoms with Gasteiger partial charge in [0.1, 0.15) is 11.6 Å². The lowest BCUT2D eigenvalue weighted by Gasteiger charge is -2.04. The van der Waals surface area contributed by atoms with Gasteiger partial charge in [0.15, 0.2) is 0 Å². The Hall–Kier alpha value is -1.12. The molecular weight excluding hydrogens is 381 g/mol. The van der Waals surface area contributed by atoms with Crippen molar-refractivity contribution >= 4 is 62.3 Å². The zero-order chi connectivity index (χ0) is 14.7. The second-order valence-corrected chi connectivity index (χ2v) is 6.44. The van der Waals surface area contributed by atoms with Crippen molar-refractivity contribution < 1.29 is 4.79 Å². The molecule has 0 spiro atoms. The second kappa shape index (κ2) is 6.55. The minimum atomic E-state index is -0.479. The molecule has 0 amide bonds. The van der Waals surface area contributed by atoms with Gasteiger partial charge in [-0.3, -0.25) is 4.79 Å². The van der Waals surface area contributed by atoms with Gasteiger partial charge in [-0.25, -0.2) is 0 Å². The van der Waals surface area contributed by atoms with E-state index in [4.69, 9.17) is 23.2 Å². The monoisotopic (exact) mass is 385 g/mol. The van der Waals surface area contributed by atoms with Crippen LogP contribution in [0.15, 0.2) is 39.7 Å². The molecule has 0 bridgehead atoms. The number of benzene rings is 1. The largest absolute Gasteiger partial charge is 0.288 e. The molecular formula is C14H6BrCl2NOS. The van der Waals surface area contributed by atoms with Crippen LogP contribution in [0.25, 0.3) is 6.08 Å². The van der Waals surface area contributed by atoms with Crippen LogP contribution in [0.5, 0.6) is 0 Å². The first kappa shape index (κ1) is 15.3. The number of thiophene rings is 1. The van der Waals surface area contributed by atoms with E-state index in [1.54, 1.807) is 18.2 Å². The molecule has 1 heterocycles. The van der Waals surface area contributed by atoms with Crippen molar-refractivity contribution in [2.24, 2.45) is 0 Å². The molecule has 0 saturated heterocycles. The topological polar surface area (TPSA) is 40.9 Å². The Balaban J connectivity index is 2.45. The molecule has 0 aliphatic carbocycles. The maximum Gasteiger partial charge on any atom is 0.206 e. The second-order valence-electron chi connectivity index (χ2n) is 3.76. The molecule has 20 heavy (non-hydrogen) atoms. The predicted molar refractivity (Wildman–Crippen MR) is 86.4 cm³/mol. The van der Waals surface area contributed by atoms with Crippen LogP contribution in [0.2, 0.25) is 10.0 Å². The number of halogens is 3. The highest BCUT2D eigenvalue weighted by atomic mass is 79.9. The van der Waals surface area contributed by atoms with Crippen LogP contribution in [-0.4, -0.2) is 5.78 Å². The number of rotatable bonds is 3. The van der Waals surface area contributed by atoms with Gasteiger partial charge in [-0.05, 0) is 40.2 Å². The van der Waals surface area contributed by atoms with Crippen molar-refractivity contribution in [2.45, 2.75) is 0 Å². The summed E-state index contributed by atoms with van der Waals surface area (Å²) in [5, 5.41) is 11.5. The van der Waals surface area contributed by atoms with Gasteiger partial charge in [0.25, 0.3) is 0 Å². The van der Waals surface area contributed by atoms with Crippen molar-refractivity contribution in [1.82, 2.24) is 0 Å². The lowest BCUT2D eigenvalue weighted by molar-refractivity contribution is 0.104. The van der Waals surface area contributed by atoms with Gasteiger partial charge in [-0.2, -0.15) is 5.26 Å². The molecule has 2 aromatic rings. The van der Waals surface area contributed by atoms with E-state index in [1.807, 2.05) is 17.5 Å². The van der Waals surface area contributed by atoms with E-state index < -0.39 is 5.78 Å². The molecule has 0 saturated carbocycles. The molecule has 0 atom stereocenters. The Labute approximate surface area is 138 Å². The zero-order valence-corrected chi connectivity index (χ0v) is 13.8. The first-order valence-electron chi connectivity index (χ1n) is 5.37. The summed E-state index contributed by atoms with van der Waals surface area (Å²) in [4.78, 5) is 13.2. The Morgan fingerprint density at radius 1 is 1.35 bits per heavy atom. The van der Waals surface area contributed by atoms with E-state index in [0.29, 0.717) is 0 Å². The zero-order valence-electron chi connectivity index (χ0n) is 9.86. The van der Waals surface area contributed by atoms with Crippen molar-refractivity contribution in [2.75, 3.05) is 0 Å². The third-order valence-corrected chi connectivity index (χ3v) is 4.70. The Morgan fingerprint density at radius 3 is 2.50 bits per heavy atom. The minimum Gasteiger partial charge on any atom is -0.288 e. The SMILES string of the molecule is N#C/C(=C\c1cc(Br)cs1)C(=O)c1c(Cl)cccc1Cl. The summed E-state index contributed by atoms with van der Waals surface area (Å²) < 4.78 is 0.897. The van der Waals surface area contributed by atoms with Crippen LogP contribution < -0.4 is 0 Å². The molecule has 0 N–H and O–H groups in total. The van der Waals surface area contributed by atoms with Gasteiger partial charge in [0.05, 0.1) is 15.6 Å². The van der Waals surface area contributed by atoms with E-state index in [2.05, 4.69) is 15.9 Å². The number of Topliss-reactive ketones (excluding diaryl/α,β-unsaturated/α-hetero) is 1. The highest BCUT2D eigenvalue weighted by Crippen LogP contribution is 2.28. The fraction of sp³-hybridized carbons (Fsp3) is 0. The molecule has 0 radical (unpaired) electrons. The minimum absolute atomic E-state index is 0.00523. The summed E-state index contributed by atoms with van der Waals surface area (Å²) in [7, 11) is 0. The molecule has 0 aliphatic heterocycles. The molecule has 0 unspecified atom stereocenters. The number of carbonyl (C=O) groups is 1. The summed E-state index contributed by atoms with van der Waals surface area (Å²) in [6, 6.07) is 8.50. The van der Waals surface area contributed by atoms with Gasteiger partial charge in [0, 0.05) is 14.7 Å². The number of nitrogens with zero attached hydrogens (tertiary/aromatic N) is 1. The first-order chi connectivity index (χ1) is 9.52. The molecule has 0 aliphatic rings. The molecule has 100 valence electrons. The molecule has 2 rings (SSSR count). The van der Waals surface area contributed by atoms with Crippen LogP contribution in [0.1, 0.15) is 15.2 Å². The Bertz CT molecular complexity index is 726. The normalized spacial score (nSPS) is 11.2. The lowest BCUT2D eigenvalue weighted by Crippen LogP contribution is -2.03. The van der Waals surface area contributed by atoms with E-state index in [9.17, 15) is 10.1 Å². The maximum atomic E-state index is 12.4. The average molecular weight is 387 g/mol. The van der Waals surface area contributed by atoms with Gasteiger partial charge in [0.2, 0.25) is 5.78 Å². The number of allylic oxidation sites excluding steroid dienone is 1. The average Bonchev–Trinajstić information content (AvgIpc) is 2.81. The van der Waals surface area contributed by atoms with Gasteiger partial charge in [-0.1, -0.05) is 29.3 Å². The first-order valence-corrected chi connectivity index (χ1v) is 7.80. The number of nitriles is 1. The standard InChI is InChI=1S/C14H6BrCl2NOS/c15-9-5-10(20-7-9)4-8(6-18)14(19)13-11(16)2-1-3-12(13)17/h1-5,7H/b8-4+. The summed E-state index contributed by atoms with van der Waals surface area (Å²) in [5.74, 6) is -0.479. The Morgan fingerprint density at radius 2 is 2.00 bits per heavy atom. The van der Waals surface area contributed by atoms with Crippen molar-refractivity contribution in [3.05, 3.63) is 60.2 Å². The molecule has 6 heteroatoms. The lowest BCUT2D eigenvalue weighted by atomic mass is 10.0. The van der Waals surface area contributed by atoms with E-state index in [0.717, 1.165) is 9.35 Å². The summed E-state index contributed by atoms with van der Waals surface area (Å²) >= 11 is 16.7. The Kier molecular flexibility index (Phi) is 5.00. The van der Waals surface area contributed by atoms with Crippen molar-refractivity contribution in [3.8, 4) is 6.07 Å². The number of ketones is 1. The van der Waals surface area contributed by atoms with E-state index in [1.165, 1.54) is 17.4 Å². The number of hydrogen-bond acceptors (Lipinski definition) is 3. The fourth-order valence-corrected chi connectivity index (χ4v) is 3.49. The van der Waals surface area contributed by atoms with Gasteiger partial charge in [-0.15, -0.1) is 11.3 Å². The van der Waals surface area contributed by atoms with E-state index in [-0.39, 0.29) is 21.2 Å². The quantitative estimate of drug-likeness (QED) is 0.391. The molecule has 2 nitrogen and oxygen atoms in total. The highest BCUT2D eigenvalue weighted by molar-refractivity contribution is 9.10. The summed E-state index contributed by atoms with van der Waals surface area (Å²) in [5.41, 5.74) is 0.147. The van der Waals surface area contributed by atoms with Gasteiger partial charge >= 0.3 is 0 Å². The van der Waals surface area contributed by atoms with Crippen LogP contribution in [0.4, 0.5) is 0 Å². The smallest absolute Gasteiger partial charge is 0.206 e. The molecule has 1 aromatic heterocycles. The maximum absolute atomic E-state index is 12.4. The van der Waals surface area contributed by atoms with Crippen molar-refractivity contribution in [1.29, 1.82) is 5.26 Å². The van der Waals surface area contributed by atoms with Crippen LogP contribution in [0, 0.1) is 11.3 Å². The highest BCUT2D eigenvalue weighted by Gasteiger charge is 2.19. The van der Waals surface area contributed by atoms with Gasteiger partial charge < -0.3 is 0 Å². The number of hydrogen-bond donors (Lipinski definition) is 0. The van der Waals surface area contributed by atoms with E-state index >= 15 is 0 Å². The summed E-state index contributed by atoms with van der Waals surface area (Å²) in [6.45, 7) is 0. The fourth-order valence-electron chi connectivity index (χ4n) is 1.54. The van der Waals surface area contributed by atoms with Crippen molar-refractivity contribution in [3.63, 3.8) is 0 Å². The van der Waals surface area contributed by atoms with Crippen LogP contribution in [0.3, 0.4) is 0 Å². The predicted octanol–water partition coefficient (Wildman–Crippen LogP) is 5.61. The third kappa shape index (κ3) is 3.31. The molecule has 1 aromatic carbocycles. The summed E-state index contributed by atoms with van der Waals surface area (Å²) in [6.07, 6.45) is 1.53. The third-order valence-electron chi connectivity index (χ3n) is 2.43.